The summed E-state index contributed by atoms with van der Waals surface area (Å²) in [6.45, 7) is 0. The van der Waals surface area contributed by atoms with Crippen LogP contribution in [0.2, 0.25) is 0 Å². The Bertz CT molecular complexity index is 492. The van der Waals surface area contributed by atoms with Crippen molar-refractivity contribution < 1.29 is 22.4 Å². The smallest absolute Gasteiger partial charge is 0.294 e. The van der Waals surface area contributed by atoms with Crippen molar-refractivity contribution in [3.8, 4) is 0 Å². The van der Waals surface area contributed by atoms with E-state index in [-0.39, 0.29) is 10.8 Å². The Labute approximate surface area is 106 Å². The van der Waals surface area contributed by atoms with E-state index in [1.54, 1.807) is 0 Å². The Morgan fingerprint density at radius 3 is 2.39 bits per heavy atom. The summed E-state index contributed by atoms with van der Waals surface area (Å²) in [4.78, 5) is 11.6. The van der Waals surface area contributed by atoms with Crippen LogP contribution in [0.1, 0.15) is 28.8 Å². The third-order valence-corrected chi connectivity index (χ3v) is 3.54. The van der Waals surface area contributed by atoms with Crippen LogP contribution in [-0.4, -0.2) is 12.0 Å². The second-order valence-electron chi connectivity index (χ2n) is 4.18. The van der Waals surface area contributed by atoms with Gasteiger partial charge in [-0.2, -0.15) is 13.2 Å². The van der Waals surface area contributed by atoms with Gasteiger partial charge in [0, 0.05) is 10.8 Å². The molecule has 0 amide bonds. The standard InChI is InChI=1S/C12H10F4OS/c1-18-9-5-7(12(14,15)16)4-8(10(9)13)11(17)6-2-3-6/h4-6H,2-3H2,1H3. The number of thioether (sulfide) groups is 1. The maximum absolute atomic E-state index is 13.9. The lowest BCUT2D eigenvalue weighted by molar-refractivity contribution is -0.137. The number of hydrogen-bond acceptors (Lipinski definition) is 2. The zero-order chi connectivity index (χ0) is 13.5. The summed E-state index contributed by atoms with van der Waals surface area (Å²) in [5.74, 6) is -1.67. The number of alkyl halides is 3. The number of rotatable bonds is 3. The fraction of sp³-hybridized carbons (Fsp3) is 0.417. The molecule has 1 aliphatic rings. The quantitative estimate of drug-likeness (QED) is 0.469. The van der Waals surface area contributed by atoms with Crippen molar-refractivity contribution in [3.63, 3.8) is 0 Å². The monoisotopic (exact) mass is 278 g/mol. The lowest BCUT2D eigenvalue weighted by Crippen LogP contribution is -2.11. The van der Waals surface area contributed by atoms with Crippen LogP contribution in [0.25, 0.3) is 0 Å². The molecule has 6 heteroatoms. The van der Waals surface area contributed by atoms with E-state index in [1.807, 2.05) is 0 Å². The van der Waals surface area contributed by atoms with Gasteiger partial charge in [0.25, 0.3) is 0 Å². The molecular weight excluding hydrogens is 268 g/mol. The van der Waals surface area contributed by atoms with Crippen LogP contribution in [0.3, 0.4) is 0 Å². The van der Waals surface area contributed by atoms with Crippen molar-refractivity contribution in [2.75, 3.05) is 6.26 Å². The normalized spacial score (nSPS) is 15.8. The summed E-state index contributed by atoms with van der Waals surface area (Å²) < 4.78 is 51.8. The second kappa shape index (κ2) is 4.57. The highest BCUT2D eigenvalue weighted by molar-refractivity contribution is 7.98. The van der Waals surface area contributed by atoms with E-state index in [9.17, 15) is 22.4 Å². The van der Waals surface area contributed by atoms with Crippen molar-refractivity contribution >= 4 is 17.5 Å². The van der Waals surface area contributed by atoms with Crippen LogP contribution >= 0.6 is 11.8 Å². The van der Waals surface area contributed by atoms with E-state index in [2.05, 4.69) is 0 Å². The number of carbonyl (C=O) groups excluding carboxylic acids is 1. The Morgan fingerprint density at radius 2 is 1.94 bits per heavy atom. The maximum Gasteiger partial charge on any atom is 0.416 e. The fourth-order valence-electron chi connectivity index (χ4n) is 1.65. The molecule has 1 nitrogen and oxygen atoms in total. The summed E-state index contributed by atoms with van der Waals surface area (Å²) in [7, 11) is 0. The summed E-state index contributed by atoms with van der Waals surface area (Å²) in [6, 6.07) is 1.36. The third-order valence-electron chi connectivity index (χ3n) is 2.80. The molecule has 1 aromatic rings. The minimum Gasteiger partial charge on any atom is -0.294 e. The first-order chi connectivity index (χ1) is 8.34. The van der Waals surface area contributed by atoms with Crippen molar-refractivity contribution in [3.05, 3.63) is 29.1 Å². The molecule has 1 saturated carbocycles. The molecular formula is C12H10F4OS. The predicted molar refractivity (Wildman–Crippen MR) is 60.2 cm³/mol. The molecule has 0 atom stereocenters. The van der Waals surface area contributed by atoms with Gasteiger partial charge < -0.3 is 0 Å². The molecule has 0 aromatic heterocycles. The molecule has 1 fully saturated rings. The van der Waals surface area contributed by atoms with Crippen LogP contribution in [0.15, 0.2) is 17.0 Å². The maximum atomic E-state index is 13.9. The average molecular weight is 278 g/mol. The number of halogens is 4. The second-order valence-corrected chi connectivity index (χ2v) is 5.02. The molecule has 1 aliphatic carbocycles. The van der Waals surface area contributed by atoms with Gasteiger partial charge in [-0.1, -0.05) is 0 Å². The van der Waals surface area contributed by atoms with Gasteiger partial charge in [-0.15, -0.1) is 11.8 Å². The summed E-state index contributed by atoms with van der Waals surface area (Å²) in [5, 5.41) is 0. The van der Waals surface area contributed by atoms with Crippen LogP contribution in [0.4, 0.5) is 17.6 Å². The first-order valence-electron chi connectivity index (χ1n) is 5.33. The first kappa shape index (κ1) is 13.4. The van der Waals surface area contributed by atoms with Gasteiger partial charge in [0.2, 0.25) is 0 Å². The van der Waals surface area contributed by atoms with Crippen molar-refractivity contribution in [2.24, 2.45) is 5.92 Å². The molecule has 0 aliphatic heterocycles. The van der Waals surface area contributed by atoms with Crippen molar-refractivity contribution in [1.82, 2.24) is 0 Å². The minimum absolute atomic E-state index is 0.145. The Morgan fingerprint density at radius 1 is 1.33 bits per heavy atom. The summed E-state index contributed by atoms with van der Waals surface area (Å²) >= 11 is 0.862. The summed E-state index contributed by atoms with van der Waals surface area (Å²) in [6.07, 6.45) is -1.84. The third kappa shape index (κ3) is 2.53. The van der Waals surface area contributed by atoms with E-state index in [0.717, 1.165) is 17.8 Å². The van der Waals surface area contributed by atoms with Crippen LogP contribution < -0.4 is 0 Å². The lowest BCUT2D eigenvalue weighted by atomic mass is 10.0. The van der Waals surface area contributed by atoms with Crippen LogP contribution in [0, 0.1) is 11.7 Å². The number of hydrogen-bond donors (Lipinski definition) is 0. The number of ketones is 1. The van der Waals surface area contributed by atoms with Gasteiger partial charge in [-0.3, -0.25) is 4.79 Å². The Balaban J connectivity index is 2.53. The van der Waals surface area contributed by atoms with Gasteiger partial charge in [0.05, 0.1) is 11.1 Å². The molecule has 18 heavy (non-hydrogen) atoms. The number of carbonyl (C=O) groups is 1. The van der Waals surface area contributed by atoms with Gasteiger partial charge >= 0.3 is 6.18 Å². The Hall–Kier alpha value is -1.04. The van der Waals surface area contributed by atoms with E-state index in [1.165, 1.54) is 6.26 Å². The van der Waals surface area contributed by atoms with E-state index in [4.69, 9.17) is 0 Å². The number of Topliss-reactive ketones (excluding diaryl/α,β-unsaturated/α-hetero) is 1. The molecule has 98 valence electrons. The predicted octanol–water partition coefficient (Wildman–Crippen LogP) is 4.16. The zero-order valence-electron chi connectivity index (χ0n) is 9.47. The molecule has 0 radical (unpaired) electrons. The largest absolute Gasteiger partial charge is 0.416 e. The molecule has 0 N–H and O–H groups in total. The average Bonchev–Trinajstić information content (AvgIpc) is 3.10. The highest BCUT2D eigenvalue weighted by Gasteiger charge is 2.36. The summed E-state index contributed by atoms with van der Waals surface area (Å²) in [5.41, 5.74) is -1.41. The van der Waals surface area contributed by atoms with Gasteiger partial charge in [-0.05, 0) is 31.2 Å². The van der Waals surface area contributed by atoms with Gasteiger partial charge in [-0.25, -0.2) is 4.39 Å². The van der Waals surface area contributed by atoms with Crippen LogP contribution in [0.5, 0.6) is 0 Å². The molecule has 0 bridgehead atoms. The zero-order valence-corrected chi connectivity index (χ0v) is 10.3. The Kier molecular flexibility index (Phi) is 3.40. The molecule has 0 saturated heterocycles. The van der Waals surface area contributed by atoms with Gasteiger partial charge in [0.15, 0.2) is 5.78 Å². The highest BCUT2D eigenvalue weighted by Crippen LogP contribution is 2.38. The fourth-order valence-corrected chi connectivity index (χ4v) is 2.19. The van der Waals surface area contributed by atoms with Crippen molar-refractivity contribution in [1.29, 1.82) is 0 Å². The SMILES string of the molecule is CSc1cc(C(F)(F)F)cc(C(=O)C2CC2)c1F. The highest BCUT2D eigenvalue weighted by atomic mass is 32.2. The van der Waals surface area contributed by atoms with E-state index < -0.39 is 28.9 Å². The van der Waals surface area contributed by atoms with E-state index >= 15 is 0 Å². The first-order valence-corrected chi connectivity index (χ1v) is 6.56. The minimum atomic E-state index is -4.57. The van der Waals surface area contributed by atoms with Gasteiger partial charge in [0.1, 0.15) is 5.82 Å². The van der Waals surface area contributed by atoms with Crippen LogP contribution in [-0.2, 0) is 6.18 Å². The van der Waals surface area contributed by atoms with E-state index in [0.29, 0.717) is 18.9 Å². The van der Waals surface area contributed by atoms with Crippen molar-refractivity contribution in [2.45, 2.75) is 23.9 Å². The molecule has 0 unspecified atom stereocenters. The molecule has 1 aromatic carbocycles. The number of benzene rings is 1. The topological polar surface area (TPSA) is 17.1 Å². The molecule has 0 heterocycles. The molecule has 0 spiro atoms. The molecule has 2 rings (SSSR count). The lowest BCUT2D eigenvalue weighted by Gasteiger charge is -2.12.